The fourth-order valence-corrected chi connectivity index (χ4v) is 3.35. The molecular weight excluding hydrogens is 256 g/mol. The molecule has 1 aromatic heterocycles. The Bertz CT molecular complexity index is 358. The van der Waals surface area contributed by atoms with Crippen LogP contribution in [0.3, 0.4) is 0 Å². The summed E-state index contributed by atoms with van der Waals surface area (Å²) in [5, 5.41) is 7.73. The standard InChI is InChI=1S/C14H26N4S/c1-12(2)14-13(19-17-16-14)11-15-7-6-10-18-8-4-3-5-9-18/h12,15H,3-11H2,1-2H3. The molecular formula is C14H26N4S. The van der Waals surface area contributed by atoms with Crippen LogP contribution in [0.1, 0.15) is 56.0 Å². The van der Waals surface area contributed by atoms with E-state index in [0.717, 1.165) is 18.8 Å². The van der Waals surface area contributed by atoms with Gasteiger partial charge >= 0.3 is 0 Å². The molecule has 0 unspecified atom stereocenters. The van der Waals surface area contributed by atoms with E-state index in [-0.39, 0.29) is 0 Å². The molecule has 2 heterocycles. The Labute approximate surface area is 120 Å². The van der Waals surface area contributed by atoms with E-state index in [2.05, 4.69) is 33.7 Å². The van der Waals surface area contributed by atoms with Crippen molar-refractivity contribution in [2.24, 2.45) is 0 Å². The van der Waals surface area contributed by atoms with Crippen molar-refractivity contribution in [3.63, 3.8) is 0 Å². The van der Waals surface area contributed by atoms with Crippen LogP contribution < -0.4 is 5.32 Å². The van der Waals surface area contributed by atoms with Crippen LogP contribution in [0.5, 0.6) is 0 Å². The van der Waals surface area contributed by atoms with Crippen LogP contribution in [0.25, 0.3) is 0 Å². The third-order valence-electron chi connectivity index (χ3n) is 3.69. The van der Waals surface area contributed by atoms with Gasteiger partial charge in [-0.05, 0) is 62.9 Å². The van der Waals surface area contributed by atoms with Gasteiger partial charge in [0.25, 0.3) is 0 Å². The summed E-state index contributed by atoms with van der Waals surface area (Å²) in [4.78, 5) is 3.90. The number of likely N-dealkylation sites (tertiary alicyclic amines) is 1. The van der Waals surface area contributed by atoms with Crippen LogP contribution >= 0.6 is 11.5 Å². The van der Waals surface area contributed by atoms with Gasteiger partial charge in [-0.25, -0.2) is 0 Å². The third-order valence-corrected chi connectivity index (χ3v) is 4.43. The van der Waals surface area contributed by atoms with E-state index in [0.29, 0.717) is 5.92 Å². The van der Waals surface area contributed by atoms with Crippen molar-refractivity contribution in [2.45, 2.75) is 52.0 Å². The predicted octanol–water partition coefficient (Wildman–Crippen LogP) is 2.63. The molecule has 19 heavy (non-hydrogen) atoms. The topological polar surface area (TPSA) is 41.1 Å². The Morgan fingerprint density at radius 1 is 1.26 bits per heavy atom. The lowest BCUT2D eigenvalue weighted by Gasteiger charge is -2.26. The number of nitrogens with one attached hydrogen (secondary N) is 1. The second-order valence-electron chi connectivity index (χ2n) is 5.67. The first kappa shape index (κ1) is 14.9. The quantitative estimate of drug-likeness (QED) is 0.781. The number of piperidine rings is 1. The van der Waals surface area contributed by atoms with E-state index in [1.165, 1.54) is 61.7 Å². The number of hydrogen-bond donors (Lipinski definition) is 1. The molecule has 1 aromatic rings. The van der Waals surface area contributed by atoms with E-state index in [1.54, 1.807) is 0 Å². The molecule has 1 N–H and O–H groups in total. The zero-order chi connectivity index (χ0) is 13.5. The summed E-state index contributed by atoms with van der Waals surface area (Å²) in [5.41, 5.74) is 1.16. The summed E-state index contributed by atoms with van der Waals surface area (Å²) in [7, 11) is 0. The SMILES string of the molecule is CC(C)c1nnsc1CNCCCN1CCCCC1. The maximum Gasteiger partial charge on any atom is 0.0826 e. The molecule has 1 saturated heterocycles. The Hall–Kier alpha value is -0.520. The molecule has 0 aliphatic carbocycles. The Morgan fingerprint density at radius 2 is 2.05 bits per heavy atom. The van der Waals surface area contributed by atoms with E-state index >= 15 is 0 Å². The van der Waals surface area contributed by atoms with Crippen molar-refractivity contribution in [2.75, 3.05) is 26.2 Å². The number of rotatable bonds is 7. The van der Waals surface area contributed by atoms with E-state index in [4.69, 9.17) is 0 Å². The lowest BCUT2D eigenvalue weighted by molar-refractivity contribution is 0.225. The van der Waals surface area contributed by atoms with Crippen LogP contribution in [0.4, 0.5) is 0 Å². The first-order valence-electron chi connectivity index (χ1n) is 7.51. The van der Waals surface area contributed by atoms with Gasteiger partial charge in [-0.15, -0.1) is 5.10 Å². The highest BCUT2D eigenvalue weighted by Gasteiger charge is 2.11. The molecule has 1 aliphatic heterocycles. The minimum Gasteiger partial charge on any atom is -0.312 e. The van der Waals surface area contributed by atoms with Crippen LogP contribution in [0, 0.1) is 0 Å². The summed E-state index contributed by atoms with van der Waals surface area (Å²) in [6, 6.07) is 0. The Kier molecular flexibility index (Phi) is 6.20. The summed E-state index contributed by atoms with van der Waals surface area (Å²) in [6.45, 7) is 10.2. The van der Waals surface area contributed by atoms with Crippen LogP contribution in [0.2, 0.25) is 0 Å². The molecule has 1 fully saturated rings. The van der Waals surface area contributed by atoms with Gasteiger partial charge in [0.15, 0.2) is 0 Å². The molecule has 0 amide bonds. The molecule has 0 radical (unpaired) electrons. The van der Waals surface area contributed by atoms with E-state index in [1.807, 2.05) is 0 Å². The van der Waals surface area contributed by atoms with Gasteiger partial charge < -0.3 is 10.2 Å². The van der Waals surface area contributed by atoms with Crippen LogP contribution in [-0.4, -0.2) is 40.7 Å². The summed E-state index contributed by atoms with van der Waals surface area (Å²) < 4.78 is 4.06. The molecule has 0 saturated carbocycles. The van der Waals surface area contributed by atoms with Crippen molar-refractivity contribution in [1.82, 2.24) is 19.8 Å². The highest BCUT2D eigenvalue weighted by Crippen LogP contribution is 2.19. The van der Waals surface area contributed by atoms with E-state index < -0.39 is 0 Å². The number of hydrogen-bond acceptors (Lipinski definition) is 5. The molecule has 108 valence electrons. The minimum absolute atomic E-state index is 0.476. The number of nitrogens with zero attached hydrogens (tertiary/aromatic N) is 3. The summed E-state index contributed by atoms with van der Waals surface area (Å²) in [5.74, 6) is 0.476. The summed E-state index contributed by atoms with van der Waals surface area (Å²) in [6.07, 6.45) is 5.43. The molecule has 1 aliphatic rings. The van der Waals surface area contributed by atoms with Crippen molar-refractivity contribution < 1.29 is 0 Å². The fraction of sp³-hybridized carbons (Fsp3) is 0.857. The third kappa shape index (κ3) is 4.82. The zero-order valence-electron chi connectivity index (χ0n) is 12.2. The fourth-order valence-electron chi connectivity index (χ4n) is 2.59. The summed E-state index contributed by atoms with van der Waals surface area (Å²) >= 11 is 1.53. The first-order valence-corrected chi connectivity index (χ1v) is 8.29. The zero-order valence-corrected chi connectivity index (χ0v) is 13.0. The molecule has 0 atom stereocenters. The maximum atomic E-state index is 4.21. The van der Waals surface area contributed by atoms with Gasteiger partial charge in [-0.1, -0.05) is 24.8 Å². The smallest absolute Gasteiger partial charge is 0.0826 e. The van der Waals surface area contributed by atoms with Gasteiger partial charge in [0.2, 0.25) is 0 Å². The molecule has 0 spiro atoms. The highest BCUT2D eigenvalue weighted by molar-refractivity contribution is 7.05. The van der Waals surface area contributed by atoms with Gasteiger partial charge in [0.1, 0.15) is 0 Å². The second-order valence-corrected chi connectivity index (χ2v) is 6.51. The number of aromatic nitrogens is 2. The van der Waals surface area contributed by atoms with Crippen molar-refractivity contribution in [3.8, 4) is 0 Å². The average Bonchev–Trinajstić information content (AvgIpc) is 2.88. The lowest BCUT2D eigenvalue weighted by atomic mass is 10.1. The monoisotopic (exact) mass is 282 g/mol. The van der Waals surface area contributed by atoms with Gasteiger partial charge in [0.05, 0.1) is 10.6 Å². The molecule has 5 heteroatoms. The lowest BCUT2D eigenvalue weighted by Crippen LogP contribution is -2.32. The Balaban J connectivity index is 1.59. The predicted molar refractivity (Wildman–Crippen MR) is 80.6 cm³/mol. The van der Waals surface area contributed by atoms with Crippen LogP contribution in [-0.2, 0) is 6.54 Å². The normalized spacial score (nSPS) is 17.2. The molecule has 0 bridgehead atoms. The molecule has 2 rings (SSSR count). The minimum atomic E-state index is 0.476. The largest absolute Gasteiger partial charge is 0.312 e. The van der Waals surface area contributed by atoms with E-state index in [9.17, 15) is 0 Å². The van der Waals surface area contributed by atoms with Crippen molar-refractivity contribution in [3.05, 3.63) is 10.6 Å². The first-order chi connectivity index (χ1) is 9.27. The Morgan fingerprint density at radius 3 is 2.79 bits per heavy atom. The highest BCUT2D eigenvalue weighted by atomic mass is 32.1. The molecule has 4 nitrogen and oxygen atoms in total. The average molecular weight is 282 g/mol. The van der Waals surface area contributed by atoms with Crippen molar-refractivity contribution >= 4 is 11.5 Å². The second kappa shape index (κ2) is 7.92. The van der Waals surface area contributed by atoms with Crippen molar-refractivity contribution in [1.29, 1.82) is 0 Å². The van der Waals surface area contributed by atoms with Gasteiger partial charge in [-0.3, -0.25) is 0 Å². The molecule has 0 aromatic carbocycles. The van der Waals surface area contributed by atoms with Crippen LogP contribution in [0.15, 0.2) is 0 Å². The van der Waals surface area contributed by atoms with Gasteiger partial charge in [0, 0.05) is 6.54 Å². The maximum absolute atomic E-state index is 4.21. The van der Waals surface area contributed by atoms with Gasteiger partial charge in [-0.2, -0.15) is 0 Å².